The van der Waals surface area contributed by atoms with Gasteiger partial charge in [0.1, 0.15) is 0 Å². The van der Waals surface area contributed by atoms with Crippen LogP contribution in [0.5, 0.6) is 0 Å². The summed E-state index contributed by atoms with van der Waals surface area (Å²) in [5.74, 6) is 0.693. The SMILES string of the molecule is Fc1cnc(NCC2(CCl)CC2)nc1. The van der Waals surface area contributed by atoms with Crippen LogP contribution in [0.25, 0.3) is 0 Å². The second-order valence-electron chi connectivity index (χ2n) is 3.71. The highest BCUT2D eigenvalue weighted by molar-refractivity contribution is 6.18. The first-order chi connectivity index (χ1) is 6.74. The molecule has 1 heterocycles. The molecule has 76 valence electrons. The van der Waals surface area contributed by atoms with Crippen LogP contribution < -0.4 is 5.32 Å². The van der Waals surface area contributed by atoms with E-state index in [-0.39, 0.29) is 5.41 Å². The number of hydrogen-bond acceptors (Lipinski definition) is 3. The van der Waals surface area contributed by atoms with Gasteiger partial charge in [0.2, 0.25) is 5.95 Å². The fourth-order valence-corrected chi connectivity index (χ4v) is 1.57. The van der Waals surface area contributed by atoms with Crippen molar-refractivity contribution in [2.45, 2.75) is 12.8 Å². The van der Waals surface area contributed by atoms with Crippen molar-refractivity contribution in [1.82, 2.24) is 9.97 Å². The zero-order valence-electron chi connectivity index (χ0n) is 7.63. The molecule has 1 aliphatic rings. The van der Waals surface area contributed by atoms with E-state index in [2.05, 4.69) is 15.3 Å². The largest absolute Gasteiger partial charge is 0.354 e. The number of alkyl halides is 1. The van der Waals surface area contributed by atoms with E-state index in [4.69, 9.17) is 11.6 Å². The first kappa shape index (κ1) is 9.65. The van der Waals surface area contributed by atoms with Crippen molar-refractivity contribution in [3.05, 3.63) is 18.2 Å². The lowest BCUT2D eigenvalue weighted by atomic mass is 10.1. The summed E-state index contributed by atoms with van der Waals surface area (Å²) in [6, 6.07) is 0. The Morgan fingerprint density at radius 3 is 2.57 bits per heavy atom. The molecular weight excluding hydrogens is 205 g/mol. The molecule has 1 saturated carbocycles. The molecule has 3 nitrogen and oxygen atoms in total. The van der Waals surface area contributed by atoms with Gasteiger partial charge in [-0.2, -0.15) is 0 Å². The lowest BCUT2D eigenvalue weighted by Gasteiger charge is -2.11. The number of halogens is 2. The fraction of sp³-hybridized carbons (Fsp3) is 0.556. The Labute approximate surface area is 86.7 Å². The lowest BCUT2D eigenvalue weighted by Crippen LogP contribution is -2.18. The van der Waals surface area contributed by atoms with E-state index >= 15 is 0 Å². The smallest absolute Gasteiger partial charge is 0.222 e. The maximum absolute atomic E-state index is 12.5. The van der Waals surface area contributed by atoms with Gasteiger partial charge in [0.05, 0.1) is 12.4 Å². The summed E-state index contributed by atoms with van der Waals surface area (Å²) in [7, 11) is 0. The van der Waals surface area contributed by atoms with Crippen LogP contribution in [0, 0.1) is 11.2 Å². The van der Waals surface area contributed by atoms with Gasteiger partial charge in [-0.15, -0.1) is 11.6 Å². The van der Waals surface area contributed by atoms with E-state index in [0.29, 0.717) is 11.8 Å². The molecule has 0 unspecified atom stereocenters. The number of anilines is 1. The molecule has 0 aliphatic heterocycles. The summed E-state index contributed by atoms with van der Waals surface area (Å²) in [6.45, 7) is 0.766. The molecule has 0 spiro atoms. The minimum atomic E-state index is -0.422. The average Bonchev–Trinajstić information content (AvgIpc) is 2.98. The molecule has 2 rings (SSSR count). The monoisotopic (exact) mass is 215 g/mol. The number of hydrogen-bond donors (Lipinski definition) is 1. The fourth-order valence-electron chi connectivity index (χ4n) is 1.20. The quantitative estimate of drug-likeness (QED) is 0.782. The third kappa shape index (κ3) is 2.12. The van der Waals surface area contributed by atoms with E-state index in [0.717, 1.165) is 31.8 Å². The predicted octanol–water partition coefficient (Wildman–Crippen LogP) is 2.05. The van der Waals surface area contributed by atoms with Crippen molar-refractivity contribution in [2.24, 2.45) is 5.41 Å². The number of rotatable bonds is 4. The zero-order valence-corrected chi connectivity index (χ0v) is 8.39. The Morgan fingerprint density at radius 2 is 2.07 bits per heavy atom. The van der Waals surface area contributed by atoms with Crippen molar-refractivity contribution < 1.29 is 4.39 Å². The summed E-state index contributed by atoms with van der Waals surface area (Å²) < 4.78 is 12.5. The average molecular weight is 216 g/mol. The second kappa shape index (κ2) is 3.69. The molecule has 0 aromatic carbocycles. The van der Waals surface area contributed by atoms with Crippen molar-refractivity contribution in [1.29, 1.82) is 0 Å². The highest BCUT2D eigenvalue weighted by Gasteiger charge is 2.41. The Morgan fingerprint density at radius 1 is 1.43 bits per heavy atom. The van der Waals surface area contributed by atoms with Crippen molar-refractivity contribution in [3.8, 4) is 0 Å². The van der Waals surface area contributed by atoms with E-state index < -0.39 is 5.82 Å². The predicted molar refractivity (Wildman–Crippen MR) is 52.9 cm³/mol. The molecule has 0 saturated heterocycles. The van der Waals surface area contributed by atoms with Gasteiger partial charge in [0, 0.05) is 17.8 Å². The van der Waals surface area contributed by atoms with E-state index in [1.807, 2.05) is 0 Å². The minimum Gasteiger partial charge on any atom is -0.354 e. The van der Waals surface area contributed by atoms with Gasteiger partial charge < -0.3 is 5.32 Å². The highest BCUT2D eigenvalue weighted by Crippen LogP contribution is 2.46. The van der Waals surface area contributed by atoms with Gasteiger partial charge in [0.15, 0.2) is 5.82 Å². The lowest BCUT2D eigenvalue weighted by molar-refractivity contribution is 0.604. The standard InChI is InChI=1S/C9H11ClFN3/c10-5-9(1-2-9)6-14-8-12-3-7(11)4-13-8/h3-4H,1-2,5-6H2,(H,12,13,14). The number of aromatic nitrogens is 2. The van der Waals surface area contributed by atoms with Gasteiger partial charge in [-0.05, 0) is 12.8 Å². The van der Waals surface area contributed by atoms with Crippen LogP contribution in [-0.2, 0) is 0 Å². The third-order valence-corrected chi connectivity index (χ3v) is 3.05. The molecule has 1 aliphatic carbocycles. The van der Waals surface area contributed by atoms with Crippen LogP contribution in [0.3, 0.4) is 0 Å². The van der Waals surface area contributed by atoms with E-state index in [1.165, 1.54) is 0 Å². The van der Waals surface area contributed by atoms with Crippen molar-refractivity contribution >= 4 is 17.5 Å². The Kier molecular flexibility index (Phi) is 2.54. The van der Waals surface area contributed by atoms with Crippen molar-refractivity contribution in [3.63, 3.8) is 0 Å². The molecule has 0 amide bonds. The van der Waals surface area contributed by atoms with Gasteiger partial charge in [-0.1, -0.05) is 0 Å². The zero-order chi connectivity index (χ0) is 10.0. The molecule has 14 heavy (non-hydrogen) atoms. The summed E-state index contributed by atoms with van der Waals surface area (Å²) in [5.41, 5.74) is 0.222. The molecular formula is C9H11ClFN3. The normalized spacial score (nSPS) is 17.9. The molecule has 0 atom stereocenters. The van der Waals surface area contributed by atoms with Crippen LogP contribution in [0.1, 0.15) is 12.8 Å². The van der Waals surface area contributed by atoms with Crippen molar-refractivity contribution in [2.75, 3.05) is 17.7 Å². The van der Waals surface area contributed by atoms with Gasteiger partial charge >= 0.3 is 0 Å². The highest BCUT2D eigenvalue weighted by atomic mass is 35.5. The summed E-state index contributed by atoms with van der Waals surface area (Å²) in [6.07, 6.45) is 4.58. The molecule has 1 N–H and O–H groups in total. The number of nitrogens with zero attached hydrogens (tertiary/aromatic N) is 2. The number of nitrogens with one attached hydrogen (secondary N) is 1. The van der Waals surface area contributed by atoms with Crippen LogP contribution in [0.4, 0.5) is 10.3 Å². The molecule has 1 fully saturated rings. The third-order valence-electron chi connectivity index (χ3n) is 2.48. The Bertz CT molecular complexity index is 310. The first-order valence-electron chi connectivity index (χ1n) is 4.51. The van der Waals surface area contributed by atoms with E-state index in [1.54, 1.807) is 0 Å². The second-order valence-corrected chi connectivity index (χ2v) is 3.98. The van der Waals surface area contributed by atoms with E-state index in [9.17, 15) is 4.39 Å². The van der Waals surface area contributed by atoms with Crippen LogP contribution >= 0.6 is 11.6 Å². The molecule has 0 bridgehead atoms. The Balaban J connectivity index is 1.89. The van der Waals surface area contributed by atoms with Gasteiger partial charge in [0.25, 0.3) is 0 Å². The van der Waals surface area contributed by atoms with Gasteiger partial charge in [-0.25, -0.2) is 14.4 Å². The summed E-state index contributed by atoms with van der Waals surface area (Å²) >= 11 is 5.81. The molecule has 0 radical (unpaired) electrons. The summed E-state index contributed by atoms with van der Waals surface area (Å²) in [4.78, 5) is 7.61. The Hall–Kier alpha value is -0.900. The topological polar surface area (TPSA) is 37.8 Å². The van der Waals surface area contributed by atoms with Gasteiger partial charge in [-0.3, -0.25) is 0 Å². The molecule has 1 aromatic rings. The maximum atomic E-state index is 12.5. The van der Waals surface area contributed by atoms with Crippen LogP contribution in [0.15, 0.2) is 12.4 Å². The maximum Gasteiger partial charge on any atom is 0.222 e. The molecule has 5 heteroatoms. The first-order valence-corrected chi connectivity index (χ1v) is 5.05. The van der Waals surface area contributed by atoms with Crippen LogP contribution in [-0.4, -0.2) is 22.4 Å². The summed E-state index contributed by atoms with van der Waals surface area (Å²) in [5, 5.41) is 3.05. The van der Waals surface area contributed by atoms with Crippen LogP contribution in [0.2, 0.25) is 0 Å². The molecule has 1 aromatic heterocycles. The minimum absolute atomic E-state index is 0.222.